The number of sulfone groups is 1. The summed E-state index contributed by atoms with van der Waals surface area (Å²) in [6, 6.07) is 13.2. The molecule has 2 rings (SSSR count). The van der Waals surface area contributed by atoms with Crippen LogP contribution in [0.5, 0.6) is 0 Å². The van der Waals surface area contributed by atoms with Gasteiger partial charge in [0.05, 0.1) is 4.90 Å². The van der Waals surface area contributed by atoms with Crippen LogP contribution in [0.15, 0.2) is 63.5 Å². The van der Waals surface area contributed by atoms with E-state index in [2.05, 4.69) is 15.9 Å². The summed E-state index contributed by atoms with van der Waals surface area (Å²) in [4.78, 5) is 11.9. The molecular formula is C18H17BrO5S. The molecule has 0 aromatic heterocycles. The Morgan fingerprint density at radius 3 is 1.88 bits per heavy atom. The number of aliphatic hydroxyl groups excluding tert-OH is 1. The van der Waals surface area contributed by atoms with Crippen molar-refractivity contribution in [3.05, 3.63) is 69.7 Å². The summed E-state index contributed by atoms with van der Waals surface area (Å²) >= 11 is 3.34. The lowest BCUT2D eigenvalue weighted by molar-refractivity contribution is -0.132. The highest BCUT2D eigenvalue weighted by atomic mass is 79.9. The summed E-state index contributed by atoms with van der Waals surface area (Å²) < 4.78 is 24.1. The standard InChI is InChI=1S/C18H17BrO5S/c1-25(23,24)15-8-4-13(5-9-15)17(16(10-11-20)18(21)22)12-2-6-14(19)7-3-12/h2-9,20H,10-11H2,1H3,(H,21,22). The van der Waals surface area contributed by atoms with Gasteiger partial charge in [0.1, 0.15) is 0 Å². The number of carboxylic acids is 1. The normalized spacial score (nSPS) is 12.6. The Kier molecular flexibility index (Phi) is 6.16. The molecule has 2 N–H and O–H groups in total. The number of benzene rings is 2. The monoisotopic (exact) mass is 424 g/mol. The third-order valence-electron chi connectivity index (χ3n) is 3.63. The molecule has 0 heterocycles. The van der Waals surface area contributed by atoms with Crippen LogP contribution in [0.3, 0.4) is 0 Å². The summed E-state index contributed by atoms with van der Waals surface area (Å²) in [5, 5.41) is 18.8. The maximum absolute atomic E-state index is 11.7. The number of hydrogen-bond acceptors (Lipinski definition) is 4. The predicted molar refractivity (Wildman–Crippen MR) is 99.1 cm³/mol. The third kappa shape index (κ3) is 4.78. The van der Waals surface area contributed by atoms with Gasteiger partial charge in [0.15, 0.2) is 9.84 Å². The Bertz CT molecular complexity index is 897. The Labute approximate surface area is 154 Å². The molecule has 0 atom stereocenters. The molecule has 2 aromatic carbocycles. The Balaban J connectivity index is 2.68. The number of aliphatic hydroxyl groups is 1. The number of rotatable bonds is 6. The highest BCUT2D eigenvalue weighted by Crippen LogP contribution is 2.30. The van der Waals surface area contributed by atoms with E-state index in [4.69, 9.17) is 0 Å². The van der Waals surface area contributed by atoms with Crippen molar-refractivity contribution in [3.63, 3.8) is 0 Å². The molecule has 0 fully saturated rings. The van der Waals surface area contributed by atoms with Gasteiger partial charge in [-0.25, -0.2) is 13.2 Å². The van der Waals surface area contributed by atoms with E-state index in [1.807, 2.05) is 0 Å². The fourth-order valence-corrected chi connectivity index (χ4v) is 3.35. The lowest BCUT2D eigenvalue weighted by atomic mass is 9.91. The molecule has 0 spiro atoms. The molecule has 2 aromatic rings. The van der Waals surface area contributed by atoms with E-state index in [9.17, 15) is 23.4 Å². The van der Waals surface area contributed by atoms with Crippen molar-refractivity contribution in [1.82, 2.24) is 0 Å². The van der Waals surface area contributed by atoms with Gasteiger partial charge in [-0.3, -0.25) is 0 Å². The molecular weight excluding hydrogens is 408 g/mol. The Hall–Kier alpha value is -1.96. The molecule has 132 valence electrons. The zero-order valence-electron chi connectivity index (χ0n) is 13.4. The minimum absolute atomic E-state index is 0.0193. The molecule has 0 aliphatic rings. The van der Waals surface area contributed by atoms with Gasteiger partial charge in [0.2, 0.25) is 0 Å². The van der Waals surface area contributed by atoms with Crippen molar-refractivity contribution < 1.29 is 23.4 Å². The predicted octanol–water partition coefficient (Wildman–Crippen LogP) is 3.12. The summed E-state index contributed by atoms with van der Waals surface area (Å²) in [7, 11) is -3.34. The maximum Gasteiger partial charge on any atom is 0.332 e. The van der Waals surface area contributed by atoms with Gasteiger partial charge in [0.25, 0.3) is 0 Å². The first-order valence-corrected chi connectivity index (χ1v) is 10.1. The largest absolute Gasteiger partial charge is 0.478 e. The fraction of sp³-hybridized carbons (Fsp3) is 0.167. The summed E-state index contributed by atoms with van der Waals surface area (Å²) in [5.74, 6) is -1.13. The van der Waals surface area contributed by atoms with Crippen LogP contribution in [0.2, 0.25) is 0 Å². The lowest BCUT2D eigenvalue weighted by Gasteiger charge is -2.14. The van der Waals surface area contributed by atoms with Gasteiger partial charge in [-0.05, 0) is 41.0 Å². The summed E-state index contributed by atoms with van der Waals surface area (Å²) in [5.41, 5.74) is 1.76. The molecule has 0 saturated heterocycles. The summed E-state index contributed by atoms with van der Waals surface area (Å²) in [6.07, 6.45) is 1.09. The second-order valence-corrected chi connectivity index (χ2v) is 8.37. The topological polar surface area (TPSA) is 91.7 Å². The molecule has 0 bridgehead atoms. The number of carbonyl (C=O) groups is 1. The molecule has 0 radical (unpaired) electrons. The second kappa shape index (κ2) is 7.95. The average molecular weight is 425 g/mol. The quantitative estimate of drug-likeness (QED) is 0.694. The van der Waals surface area contributed by atoms with Crippen molar-refractivity contribution in [3.8, 4) is 0 Å². The number of hydrogen-bond donors (Lipinski definition) is 2. The van der Waals surface area contributed by atoms with Crippen molar-refractivity contribution in [2.75, 3.05) is 12.9 Å². The molecule has 0 amide bonds. The fourth-order valence-electron chi connectivity index (χ4n) is 2.45. The Morgan fingerprint density at radius 1 is 1.00 bits per heavy atom. The third-order valence-corrected chi connectivity index (χ3v) is 5.28. The van der Waals surface area contributed by atoms with Crippen LogP contribution in [-0.2, 0) is 14.6 Å². The van der Waals surface area contributed by atoms with Gasteiger partial charge >= 0.3 is 5.97 Å². The molecule has 5 nitrogen and oxygen atoms in total. The summed E-state index contributed by atoms with van der Waals surface area (Å²) in [6.45, 7) is -0.302. The van der Waals surface area contributed by atoms with Crippen LogP contribution in [0.1, 0.15) is 17.5 Å². The van der Waals surface area contributed by atoms with Crippen molar-refractivity contribution in [2.45, 2.75) is 11.3 Å². The van der Waals surface area contributed by atoms with Crippen LogP contribution in [0.4, 0.5) is 0 Å². The van der Waals surface area contributed by atoms with Crippen LogP contribution in [0.25, 0.3) is 5.57 Å². The zero-order valence-corrected chi connectivity index (χ0v) is 15.8. The Morgan fingerprint density at radius 2 is 1.48 bits per heavy atom. The van der Waals surface area contributed by atoms with E-state index in [1.54, 1.807) is 36.4 Å². The van der Waals surface area contributed by atoms with Crippen LogP contribution in [0, 0.1) is 0 Å². The van der Waals surface area contributed by atoms with Gasteiger partial charge in [-0.15, -0.1) is 0 Å². The van der Waals surface area contributed by atoms with Crippen LogP contribution >= 0.6 is 15.9 Å². The van der Waals surface area contributed by atoms with Crippen molar-refractivity contribution in [2.24, 2.45) is 0 Å². The van der Waals surface area contributed by atoms with Gasteiger partial charge < -0.3 is 10.2 Å². The van der Waals surface area contributed by atoms with E-state index in [-0.39, 0.29) is 23.5 Å². The highest BCUT2D eigenvalue weighted by Gasteiger charge is 2.18. The minimum atomic E-state index is -3.34. The average Bonchev–Trinajstić information content (AvgIpc) is 2.55. The smallest absolute Gasteiger partial charge is 0.332 e. The molecule has 0 aliphatic heterocycles. The molecule has 0 saturated carbocycles. The first-order valence-electron chi connectivity index (χ1n) is 7.37. The van der Waals surface area contributed by atoms with Crippen molar-refractivity contribution >= 4 is 37.3 Å². The van der Waals surface area contributed by atoms with Crippen molar-refractivity contribution in [1.29, 1.82) is 0 Å². The van der Waals surface area contributed by atoms with E-state index in [0.717, 1.165) is 10.7 Å². The maximum atomic E-state index is 11.7. The van der Waals surface area contributed by atoms with E-state index >= 15 is 0 Å². The van der Waals surface area contributed by atoms with Gasteiger partial charge in [-0.1, -0.05) is 40.2 Å². The minimum Gasteiger partial charge on any atom is -0.478 e. The van der Waals surface area contributed by atoms with Crippen LogP contribution < -0.4 is 0 Å². The molecule has 0 aliphatic carbocycles. The first-order chi connectivity index (χ1) is 11.7. The van der Waals surface area contributed by atoms with Crippen LogP contribution in [-0.4, -0.2) is 37.5 Å². The molecule has 25 heavy (non-hydrogen) atoms. The molecule has 0 unspecified atom stereocenters. The number of carboxylic acid groups (broad SMARTS) is 1. The van der Waals surface area contributed by atoms with E-state index < -0.39 is 15.8 Å². The number of halogens is 1. The zero-order chi connectivity index (χ0) is 18.6. The molecule has 7 heteroatoms. The SMILES string of the molecule is CS(=O)(=O)c1ccc(C(=C(CCO)C(=O)O)c2ccc(Br)cc2)cc1. The highest BCUT2D eigenvalue weighted by molar-refractivity contribution is 9.10. The van der Waals surface area contributed by atoms with Gasteiger partial charge in [-0.2, -0.15) is 0 Å². The number of aliphatic carboxylic acids is 1. The van der Waals surface area contributed by atoms with E-state index in [0.29, 0.717) is 16.7 Å². The van der Waals surface area contributed by atoms with Gasteiger partial charge in [0, 0.05) is 29.3 Å². The second-order valence-electron chi connectivity index (χ2n) is 5.44. The lowest BCUT2D eigenvalue weighted by Crippen LogP contribution is -2.08. The first kappa shape index (κ1) is 19.4. The van der Waals surface area contributed by atoms with E-state index in [1.165, 1.54) is 12.1 Å².